The second-order valence-corrected chi connectivity index (χ2v) is 1.40. The van der Waals surface area contributed by atoms with Gasteiger partial charge >= 0.3 is 0 Å². The second kappa shape index (κ2) is 1.30. The van der Waals surface area contributed by atoms with E-state index >= 15 is 0 Å². The number of allylic oxidation sites excluding steroid dienone is 2. The van der Waals surface area contributed by atoms with Crippen molar-refractivity contribution in [1.29, 1.82) is 0 Å². The SMILES string of the molecule is B1CC=CC1. The highest BCUT2D eigenvalue weighted by molar-refractivity contribution is 6.38. The fraction of sp³-hybridized carbons (Fsp3) is 0.500. The van der Waals surface area contributed by atoms with Gasteiger partial charge < -0.3 is 0 Å². The standard InChI is InChI=1S/C4H7B/c1-2-4-5-3-1/h1-2,5H,3-4H2. The van der Waals surface area contributed by atoms with Gasteiger partial charge in [0.15, 0.2) is 0 Å². The topological polar surface area (TPSA) is 0 Å². The molecule has 0 aliphatic carbocycles. The molecular weight excluding hydrogens is 58.9 g/mol. The summed E-state index contributed by atoms with van der Waals surface area (Å²) in [4.78, 5) is 0. The molecule has 0 radical (unpaired) electrons. The van der Waals surface area contributed by atoms with Gasteiger partial charge in [0.2, 0.25) is 0 Å². The maximum Gasteiger partial charge on any atom is 0.129 e. The van der Waals surface area contributed by atoms with Crippen molar-refractivity contribution in [1.82, 2.24) is 0 Å². The van der Waals surface area contributed by atoms with Crippen LogP contribution in [0.5, 0.6) is 0 Å². The number of hydrogen-bond donors (Lipinski definition) is 0. The second-order valence-electron chi connectivity index (χ2n) is 1.40. The molecule has 26 valence electrons. The lowest BCUT2D eigenvalue weighted by atomic mass is 9.76. The minimum Gasteiger partial charge on any atom is -0.0967 e. The molecule has 0 aromatic rings. The largest absolute Gasteiger partial charge is 0.129 e. The molecule has 0 aromatic heterocycles. The van der Waals surface area contributed by atoms with Gasteiger partial charge in [0.05, 0.1) is 0 Å². The van der Waals surface area contributed by atoms with Crippen molar-refractivity contribution in [2.24, 2.45) is 0 Å². The van der Waals surface area contributed by atoms with Crippen LogP contribution >= 0.6 is 0 Å². The highest BCUT2D eigenvalue weighted by atomic mass is 13.7. The first kappa shape index (κ1) is 3.01. The van der Waals surface area contributed by atoms with Crippen LogP contribution in [0.1, 0.15) is 0 Å². The molecule has 1 rings (SSSR count). The third kappa shape index (κ3) is 0.537. The van der Waals surface area contributed by atoms with Gasteiger partial charge in [-0.2, -0.15) is 0 Å². The Hall–Kier alpha value is -0.195. The lowest BCUT2D eigenvalue weighted by Gasteiger charge is -1.64. The van der Waals surface area contributed by atoms with Crippen molar-refractivity contribution >= 4 is 7.28 Å². The van der Waals surface area contributed by atoms with E-state index in [4.69, 9.17) is 0 Å². The van der Waals surface area contributed by atoms with Crippen LogP contribution in [0.2, 0.25) is 12.6 Å². The molecule has 1 aliphatic heterocycles. The van der Waals surface area contributed by atoms with Crippen LogP contribution in [0.15, 0.2) is 12.2 Å². The first-order chi connectivity index (χ1) is 2.50. The van der Waals surface area contributed by atoms with E-state index in [0.29, 0.717) is 0 Å². The normalized spacial score (nSPS) is 19.2. The average Bonchev–Trinajstić information content (AvgIpc) is 1.76. The molecule has 0 nitrogen and oxygen atoms in total. The van der Waals surface area contributed by atoms with Gasteiger partial charge in [-0.3, -0.25) is 0 Å². The highest BCUT2D eigenvalue weighted by Crippen LogP contribution is 1.97. The quantitative estimate of drug-likeness (QED) is 0.290. The Balaban J connectivity index is 2.32. The third-order valence-electron chi connectivity index (χ3n) is 0.908. The van der Waals surface area contributed by atoms with Crippen molar-refractivity contribution in [2.75, 3.05) is 0 Å². The summed E-state index contributed by atoms with van der Waals surface area (Å²) < 4.78 is 0. The van der Waals surface area contributed by atoms with Crippen LogP contribution in [0.4, 0.5) is 0 Å². The summed E-state index contributed by atoms with van der Waals surface area (Å²) in [5.41, 5.74) is 0. The Labute approximate surface area is 33.1 Å². The Morgan fingerprint density at radius 2 is 1.80 bits per heavy atom. The van der Waals surface area contributed by atoms with Gasteiger partial charge in [0, 0.05) is 0 Å². The van der Waals surface area contributed by atoms with E-state index in [1.165, 1.54) is 19.9 Å². The van der Waals surface area contributed by atoms with Gasteiger partial charge in [-0.05, 0) is 0 Å². The first-order valence-corrected chi connectivity index (χ1v) is 2.15. The number of hydrogen-bond acceptors (Lipinski definition) is 0. The Morgan fingerprint density at radius 3 is 2.00 bits per heavy atom. The average molecular weight is 65.9 g/mol. The van der Waals surface area contributed by atoms with Gasteiger partial charge in [-0.15, -0.1) is 0 Å². The van der Waals surface area contributed by atoms with Crippen LogP contribution in [0, 0.1) is 0 Å². The molecule has 0 N–H and O–H groups in total. The molecule has 0 aromatic carbocycles. The summed E-state index contributed by atoms with van der Waals surface area (Å²) in [6, 6.07) is 0. The molecule has 0 fully saturated rings. The van der Waals surface area contributed by atoms with E-state index < -0.39 is 0 Å². The Kier molecular flexibility index (Phi) is 0.781. The van der Waals surface area contributed by atoms with Crippen LogP contribution in [0.25, 0.3) is 0 Å². The summed E-state index contributed by atoms with van der Waals surface area (Å²) >= 11 is 0. The molecular formula is C4H7B. The smallest absolute Gasteiger partial charge is 0.0967 e. The van der Waals surface area contributed by atoms with Gasteiger partial charge in [0.1, 0.15) is 7.28 Å². The number of rotatable bonds is 0. The zero-order valence-electron chi connectivity index (χ0n) is 3.28. The van der Waals surface area contributed by atoms with E-state index in [0.717, 1.165) is 0 Å². The molecule has 0 amide bonds. The van der Waals surface area contributed by atoms with Crippen LogP contribution in [-0.2, 0) is 0 Å². The third-order valence-corrected chi connectivity index (χ3v) is 0.908. The molecule has 0 unspecified atom stereocenters. The molecule has 1 heterocycles. The predicted octanol–water partition coefficient (Wildman–Crippen LogP) is 0.829. The molecule has 5 heavy (non-hydrogen) atoms. The van der Waals surface area contributed by atoms with Crippen LogP contribution in [0.3, 0.4) is 0 Å². The summed E-state index contributed by atoms with van der Waals surface area (Å²) in [7, 11) is 1.39. The van der Waals surface area contributed by atoms with E-state index in [-0.39, 0.29) is 0 Å². The first-order valence-electron chi connectivity index (χ1n) is 2.15. The van der Waals surface area contributed by atoms with E-state index in [9.17, 15) is 0 Å². The van der Waals surface area contributed by atoms with E-state index in [2.05, 4.69) is 12.2 Å². The maximum atomic E-state index is 2.24. The van der Waals surface area contributed by atoms with E-state index in [1.807, 2.05) is 0 Å². The molecule has 0 saturated heterocycles. The minimum absolute atomic E-state index is 1.32. The van der Waals surface area contributed by atoms with Gasteiger partial charge in [0.25, 0.3) is 0 Å². The Morgan fingerprint density at radius 1 is 1.20 bits per heavy atom. The molecule has 1 aliphatic rings. The minimum atomic E-state index is 1.32. The fourth-order valence-electron chi connectivity index (χ4n) is 0.589. The molecule has 0 saturated carbocycles. The van der Waals surface area contributed by atoms with Crippen LogP contribution in [-0.4, -0.2) is 7.28 Å². The van der Waals surface area contributed by atoms with Gasteiger partial charge in [-0.25, -0.2) is 0 Å². The molecule has 0 bridgehead atoms. The fourth-order valence-corrected chi connectivity index (χ4v) is 0.589. The van der Waals surface area contributed by atoms with Crippen LogP contribution < -0.4 is 0 Å². The lowest BCUT2D eigenvalue weighted by Crippen LogP contribution is -1.70. The van der Waals surface area contributed by atoms with Crippen molar-refractivity contribution in [3.63, 3.8) is 0 Å². The zero-order valence-corrected chi connectivity index (χ0v) is 3.28. The van der Waals surface area contributed by atoms with Crippen molar-refractivity contribution in [3.05, 3.63) is 12.2 Å². The maximum absolute atomic E-state index is 2.24. The molecule has 1 heteroatoms. The van der Waals surface area contributed by atoms with Gasteiger partial charge in [-0.1, -0.05) is 24.8 Å². The molecule has 0 spiro atoms. The summed E-state index contributed by atoms with van der Waals surface area (Å²) in [5, 5.41) is 0. The summed E-state index contributed by atoms with van der Waals surface area (Å²) in [6.45, 7) is 0. The summed E-state index contributed by atoms with van der Waals surface area (Å²) in [6.07, 6.45) is 7.11. The predicted molar refractivity (Wildman–Crippen MR) is 25.9 cm³/mol. The monoisotopic (exact) mass is 66.1 g/mol. The van der Waals surface area contributed by atoms with Crippen molar-refractivity contribution in [3.8, 4) is 0 Å². The summed E-state index contributed by atoms with van der Waals surface area (Å²) in [5.74, 6) is 0. The van der Waals surface area contributed by atoms with Crippen molar-refractivity contribution < 1.29 is 0 Å². The highest BCUT2D eigenvalue weighted by Gasteiger charge is 1.88. The molecule has 0 atom stereocenters. The van der Waals surface area contributed by atoms with E-state index in [1.54, 1.807) is 0 Å². The zero-order chi connectivity index (χ0) is 3.54. The lowest BCUT2D eigenvalue weighted by molar-refractivity contribution is 1.75. The van der Waals surface area contributed by atoms with Crippen molar-refractivity contribution in [2.45, 2.75) is 12.6 Å². The Bertz CT molecular complexity index is 41.6.